The molecule has 5 nitrogen and oxygen atoms in total. The average Bonchev–Trinajstić information content (AvgIpc) is 2.65. The van der Waals surface area contributed by atoms with Crippen LogP contribution in [0.2, 0.25) is 0 Å². The minimum absolute atomic E-state index is 0.206. The SMILES string of the molecule is CCOC(=O)C(C)NCCc1nccn1C. The molecule has 1 unspecified atom stereocenters. The van der Waals surface area contributed by atoms with Crippen LogP contribution in [0.5, 0.6) is 0 Å². The van der Waals surface area contributed by atoms with Crippen LogP contribution in [0, 0.1) is 0 Å². The molecule has 1 heterocycles. The second kappa shape index (κ2) is 6.27. The fraction of sp³-hybridized carbons (Fsp3) is 0.636. The standard InChI is InChI=1S/C11H19N3O2/c1-4-16-11(15)9(2)12-6-5-10-13-7-8-14(10)3/h7-9,12H,4-6H2,1-3H3. The van der Waals surface area contributed by atoms with E-state index in [1.807, 2.05) is 17.8 Å². The van der Waals surface area contributed by atoms with Gasteiger partial charge in [0.1, 0.15) is 11.9 Å². The van der Waals surface area contributed by atoms with Gasteiger partial charge in [-0.15, -0.1) is 0 Å². The Balaban J connectivity index is 2.25. The quantitative estimate of drug-likeness (QED) is 0.716. The summed E-state index contributed by atoms with van der Waals surface area (Å²) < 4.78 is 6.86. The average molecular weight is 225 g/mol. The monoisotopic (exact) mass is 225 g/mol. The summed E-state index contributed by atoms with van der Waals surface area (Å²) in [5.74, 6) is 0.797. The van der Waals surface area contributed by atoms with Gasteiger partial charge >= 0.3 is 5.97 Å². The van der Waals surface area contributed by atoms with Gasteiger partial charge < -0.3 is 14.6 Å². The van der Waals surface area contributed by atoms with Crippen molar-refractivity contribution in [3.8, 4) is 0 Å². The van der Waals surface area contributed by atoms with Crippen LogP contribution < -0.4 is 5.32 Å². The normalized spacial score (nSPS) is 12.4. The number of ether oxygens (including phenoxy) is 1. The molecule has 1 rings (SSSR count). The Kier molecular flexibility index (Phi) is 4.98. The number of nitrogens with zero attached hydrogens (tertiary/aromatic N) is 2. The molecule has 0 fully saturated rings. The van der Waals surface area contributed by atoms with E-state index in [9.17, 15) is 4.79 Å². The number of imidazole rings is 1. The van der Waals surface area contributed by atoms with Crippen molar-refractivity contribution in [1.82, 2.24) is 14.9 Å². The number of aromatic nitrogens is 2. The summed E-state index contributed by atoms with van der Waals surface area (Å²) in [4.78, 5) is 15.5. The first-order valence-corrected chi connectivity index (χ1v) is 5.51. The summed E-state index contributed by atoms with van der Waals surface area (Å²) in [7, 11) is 1.96. The molecule has 0 radical (unpaired) electrons. The number of hydrogen-bond acceptors (Lipinski definition) is 4. The molecule has 0 aliphatic heterocycles. The zero-order chi connectivity index (χ0) is 12.0. The first-order chi connectivity index (χ1) is 7.65. The van der Waals surface area contributed by atoms with E-state index in [4.69, 9.17) is 4.74 Å². The third-order valence-corrected chi connectivity index (χ3v) is 2.36. The van der Waals surface area contributed by atoms with Crippen molar-refractivity contribution in [2.45, 2.75) is 26.3 Å². The molecular formula is C11H19N3O2. The topological polar surface area (TPSA) is 56.1 Å². The van der Waals surface area contributed by atoms with Gasteiger partial charge in [0.25, 0.3) is 0 Å². The summed E-state index contributed by atoms with van der Waals surface area (Å²) >= 11 is 0. The fourth-order valence-corrected chi connectivity index (χ4v) is 1.39. The molecule has 5 heteroatoms. The molecule has 16 heavy (non-hydrogen) atoms. The maximum Gasteiger partial charge on any atom is 0.322 e. The van der Waals surface area contributed by atoms with E-state index < -0.39 is 0 Å². The van der Waals surface area contributed by atoms with Gasteiger partial charge in [-0.2, -0.15) is 0 Å². The van der Waals surface area contributed by atoms with Crippen LogP contribution in [-0.2, 0) is 23.0 Å². The maximum absolute atomic E-state index is 11.3. The molecule has 1 aromatic rings. The van der Waals surface area contributed by atoms with Crippen molar-refractivity contribution in [3.05, 3.63) is 18.2 Å². The summed E-state index contributed by atoms with van der Waals surface area (Å²) in [6.07, 6.45) is 4.47. The number of carbonyl (C=O) groups is 1. The molecule has 1 N–H and O–H groups in total. The van der Waals surface area contributed by atoms with Crippen LogP contribution in [0.4, 0.5) is 0 Å². The van der Waals surface area contributed by atoms with Crippen molar-refractivity contribution in [2.24, 2.45) is 7.05 Å². The second-order valence-electron chi connectivity index (χ2n) is 3.63. The van der Waals surface area contributed by atoms with Crippen molar-refractivity contribution in [1.29, 1.82) is 0 Å². The summed E-state index contributed by atoms with van der Waals surface area (Å²) in [5.41, 5.74) is 0. The molecule has 1 atom stereocenters. The van der Waals surface area contributed by atoms with Crippen LogP contribution in [0.1, 0.15) is 19.7 Å². The van der Waals surface area contributed by atoms with Gasteiger partial charge in [-0.05, 0) is 13.8 Å². The highest BCUT2D eigenvalue weighted by atomic mass is 16.5. The predicted octanol–water partition coefficient (Wildman–Crippen LogP) is 0.504. The van der Waals surface area contributed by atoms with Gasteiger partial charge in [0, 0.05) is 32.4 Å². The van der Waals surface area contributed by atoms with E-state index in [2.05, 4.69) is 10.3 Å². The summed E-state index contributed by atoms with van der Waals surface area (Å²) in [6, 6.07) is -0.264. The Morgan fingerprint density at radius 3 is 3.00 bits per heavy atom. The number of carbonyl (C=O) groups excluding carboxylic acids is 1. The number of aryl methyl sites for hydroxylation is 1. The zero-order valence-corrected chi connectivity index (χ0v) is 10.1. The zero-order valence-electron chi connectivity index (χ0n) is 10.1. The van der Waals surface area contributed by atoms with Crippen molar-refractivity contribution in [3.63, 3.8) is 0 Å². The lowest BCUT2D eigenvalue weighted by molar-refractivity contribution is -0.145. The van der Waals surface area contributed by atoms with Gasteiger partial charge in [-0.3, -0.25) is 4.79 Å². The van der Waals surface area contributed by atoms with Crippen molar-refractivity contribution < 1.29 is 9.53 Å². The van der Waals surface area contributed by atoms with Gasteiger partial charge in [0.05, 0.1) is 6.61 Å². The Labute approximate surface area is 95.8 Å². The van der Waals surface area contributed by atoms with Crippen LogP contribution >= 0.6 is 0 Å². The van der Waals surface area contributed by atoms with E-state index in [1.54, 1.807) is 20.0 Å². The Hall–Kier alpha value is -1.36. The van der Waals surface area contributed by atoms with Gasteiger partial charge in [-0.1, -0.05) is 0 Å². The molecule has 1 aromatic heterocycles. The van der Waals surface area contributed by atoms with Gasteiger partial charge in [-0.25, -0.2) is 4.98 Å². The van der Waals surface area contributed by atoms with E-state index in [0.717, 1.165) is 12.2 Å². The molecule has 0 spiro atoms. The third kappa shape index (κ3) is 3.66. The van der Waals surface area contributed by atoms with Crippen molar-refractivity contribution in [2.75, 3.05) is 13.2 Å². The Morgan fingerprint density at radius 2 is 2.44 bits per heavy atom. The molecule has 0 bridgehead atoms. The van der Waals surface area contributed by atoms with Crippen LogP contribution in [0.25, 0.3) is 0 Å². The van der Waals surface area contributed by atoms with Crippen LogP contribution in [0.15, 0.2) is 12.4 Å². The third-order valence-electron chi connectivity index (χ3n) is 2.36. The molecule has 0 aliphatic carbocycles. The minimum atomic E-state index is -0.264. The molecule has 90 valence electrons. The lowest BCUT2D eigenvalue weighted by Crippen LogP contribution is -2.36. The second-order valence-corrected chi connectivity index (χ2v) is 3.63. The van der Waals surface area contributed by atoms with E-state index in [0.29, 0.717) is 13.2 Å². The summed E-state index contributed by atoms with van der Waals surface area (Å²) in [6.45, 7) is 4.74. The molecule has 0 aromatic carbocycles. The smallest absolute Gasteiger partial charge is 0.322 e. The lowest BCUT2D eigenvalue weighted by atomic mass is 10.3. The first-order valence-electron chi connectivity index (χ1n) is 5.51. The summed E-state index contributed by atoms with van der Waals surface area (Å²) in [5, 5.41) is 3.10. The highest BCUT2D eigenvalue weighted by Crippen LogP contribution is 1.95. The highest BCUT2D eigenvalue weighted by Gasteiger charge is 2.12. The lowest BCUT2D eigenvalue weighted by Gasteiger charge is -2.12. The molecule has 0 aliphatic rings. The predicted molar refractivity (Wildman–Crippen MR) is 61.0 cm³/mol. The first kappa shape index (κ1) is 12.7. The van der Waals surface area contributed by atoms with Gasteiger partial charge in [0.2, 0.25) is 0 Å². The number of hydrogen-bond donors (Lipinski definition) is 1. The van der Waals surface area contributed by atoms with Crippen molar-refractivity contribution >= 4 is 5.97 Å². The van der Waals surface area contributed by atoms with Crippen LogP contribution in [0.3, 0.4) is 0 Å². The largest absolute Gasteiger partial charge is 0.465 e. The van der Waals surface area contributed by atoms with Crippen LogP contribution in [-0.4, -0.2) is 34.7 Å². The Bertz CT molecular complexity index is 336. The number of esters is 1. The van der Waals surface area contributed by atoms with E-state index in [-0.39, 0.29) is 12.0 Å². The molecular weight excluding hydrogens is 206 g/mol. The molecule has 0 saturated carbocycles. The molecule has 0 amide bonds. The highest BCUT2D eigenvalue weighted by molar-refractivity contribution is 5.75. The Morgan fingerprint density at radius 1 is 1.69 bits per heavy atom. The molecule has 0 saturated heterocycles. The van der Waals surface area contributed by atoms with Gasteiger partial charge in [0.15, 0.2) is 0 Å². The fourth-order valence-electron chi connectivity index (χ4n) is 1.39. The maximum atomic E-state index is 11.3. The number of rotatable bonds is 6. The minimum Gasteiger partial charge on any atom is -0.465 e. The van der Waals surface area contributed by atoms with E-state index in [1.165, 1.54) is 0 Å². The van der Waals surface area contributed by atoms with E-state index >= 15 is 0 Å². The number of nitrogens with one attached hydrogen (secondary N) is 1.